The van der Waals surface area contributed by atoms with E-state index in [-0.39, 0.29) is 11.6 Å². The molecule has 1 spiro atoms. The molecule has 0 aromatic heterocycles. The molecule has 0 saturated carbocycles. The molecule has 0 amide bonds. The number of rotatable bonds is 0. The maximum atomic E-state index is 12.9. The minimum absolute atomic E-state index is 0.0205. The van der Waals surface area contributed by atoms with Gasteiger partial charge in [0.2, 0.25) is 0 Å². The summed E-state index contributed by atoms with van der Waals surface area (Å²) in [5, 5.41) is 15.1. The van der Waals surface area contributed by atoms with Crippen molar-refractivity contribution in [1.82, 2.24) is 5.32 Å². The van der Waals surface area contributed by atoms with Crippen LogP contribution in [0.15, 0.2) is 30.3 Å². The van der Waals surface area contributed by atoms with Gasteiger partial charge in [0.15, 0.2) is 9.84 Å². The Hall–Kier alpha value is -2.60. The molecule has 2 aliphatic heterocycles. The standard InChI is InChI=1S/C22H23N3O2S/c1-13-4-5-14-6-7-15-9-16-11-22(17(16)10-19(15)24-18(14)8-13)12-28(26,27)21(2,3)20(23)25-22/h4-10,24H,11-12H2,1-3H3,(H2,23,25)/t22-/m0/s1. The Kier molecular flexibility index (Phi) is 3.29. The molecule has 1 atom stereocenters. The third-order valence-electron chi connectivity index (χ3n) is 6.38. The Morgan fingerprint density at radius 1 is 1.04 bits per heavy atom. The van der Waals surface area contributed by atoms with Gasteiger partial charge in [0.25, 0.3) is 0 Å². The highest BCUT2D eigenvalue weighted by atomic mass is 32.2. The van der Waals surface area contributed by atoms with Gasteiger partial charge in [-0.05, 0) is 66.8 Å². The molecule has 5 nitrogen and oxygen atoms in total. The fourth-order valence-electron chi connectivity index (χ4n) is 4.39. The van der Waals surface area contributed by atoms with Crippen LogP contribution >= 0.6 is 0 Å². The van der Waals surface area contributed by atoms with E-state index in [4.69, 9.17) is 5.41 Å². The molecule has 0 unspecified atom stereocenters. The third kappa shape index (κ3) is 2.24. The Bertz CT molecular complexity index is 1190. The van der Waals surface area contributed by atoms with Crippen LogP contribution in [0.25, 0.3) is 12.2 Å². The second kappa shape index (κ2) is 5.26. The molecular formula is C22H23N3O2S. The van der Waals surface area contributed by atoms with E-state index < -0.39 is 20.1 Å². The summed E-state index contributed by atoms with van der Waals surface area (Å²) in [5.74, 6) is 0.0975. The first-order valence-corrected chi connectivity index (χ1v) is 11.1. The molecule has 5 rings (SSSR count). The van der Waals surface area contributed by atoms with Gasteiger partial charge in [0, 0.05) is 17.8 Å². The summed E-state index contributed by atoms with van der Waals surface area (Å²) in [6.45, 7) is 5.27. The van der Waals surface area contributed by atoms with Crippen LogP contribution in [0.1, 0.15) is 41.7 Å². The second-order valence-electron chi connectivity index (χ2n) is 8.67. The number of anilines is 2. The normalized spacial score (nSPS) is 25.5. The van der Waals surface area contributed by atoms with Crippen molar-refractivity contribution in [3.05, 3.63) is 58.1 Å². The van der Waals surface area contributed by atoms with Crippen LogP contribution in [0.4, 0.5) is 11.4 Å². The number of benzene rings is 2. The van der Waals surface area contributed by atoms with Gasteiger partial charge in [-0.1, -0.05) is 24.3 Å². The van der Waals surface area contributed by atoms with Gasteiger partial charge in [0.05, 0.1) is 11.3 Å². The van der Waals surface area contributed by atoms with Crippen LogP contribution < -0.4 is 10.6 Å². The van der Waals surface area contributed by atoms with Crippen LogP contribution in [0, 0.1) is 12.3 Å². The summed E-state index contributed by atoms with van der Waals surface area (Å²) < 4.78 is 24.6. The summed E-state index contributed by atoms with van der Waals surface area (Å²) in [5.41, 5.74) is 6.84. The number of hydrogen-bond acceptors (Lipinski definition) is 4. The van der Waals surface area contributed by atoms with Gasteiger partial charge in [-0.3, -0.25) is 5.41 Å². The lowest BCUT2D eigenvalue weighted by molar-refractivity contribution is 0.357. The predicted molar refractivity (Wildman–Crippen MR) is 114 cm³/mol. The zero-order valence-corrected chi connectivity index (χ0v) is 17.0. The lowest BCUT2D eigenvalue weighted by atomic mass is 9.70. The monoisotopic (exact) mass is 393 g/mol. The summed E-state index contributed by atoms with van der Waals surface area (Å²) in [7, 11) is -3.43. The van der Waals surface area contributed by atoms with E-state index in [1.54, 1.807) is 13.8 Å². The molecule has 6 heteroatoms. The van der Waals surface area contributed by atoms with Crippen molar-refractivity contribution < 1.29 is 8.42 Å². The minimum Gasteiger partial charge on any atom is -0.362 e. The maximum Gasteiger partial charge on any atom is 0.165 e. The lowest BCUT2D eigenvalue weighted by Gasteiger charge is -2.51. The number of nitrogens with one attached hydrogen (secondary N) is 3. The molecule has 28 heavy (non-hydrogen) atoms. The molecule has 3 aliphatic rings. The topological polar surface area (TPSA) is 82.1 Å². The lowest BCUT2D eigenvalue weighted by Crippen LogP contribution is -2.68. The maximum absolute atomic E-state index is 12.9. The van der Waals surface area contributed by atoms with E-state index in [1.807, 2.05) is 0 Å². The second-order valence-corrected chi connectivity index (χ2v) is 11.2. The number of sulfone groups is 1. The van der Waals surface area contributed by atoms with Crippen molar-refractivity contribution >= 4 is 39.2 Å². The molecule has 2 aromatic carbocycles. The molecule has 0 bridgehead atoms. The van der Waals surface area contributed by atoms with E-state index in [0.29, 0.717) is 6.42 Å². The van der Waals surface area contributed by atoms with E-state index in [9.17, 15) is 8.42 Å². The highest BCUT2D eigenvalue weighted by molar-refractivity contribution is 7.93. The van der Waals surface area contributed by atoms with Crippen molar-refractivity contribution in [2.24, 2.45) is 0 Å². The van der Waals surface area contributed by atoms with Crippen molar-refractivity contribution in [3.63, 3.8) is 0 Å². The Morgan fingerprint density at radius 2 is 1.75 bits per heavy atom. The van der Waals surface area contributed by atoms with Crippen LogP contribution in [-0.2, 0) is 21.8 Å². The molecular weight excluding hydrogens is 370 g/mol. The number of fused-ring (bicyclic) bond motifs is 4. The van der Waals surface area contributed by atoms with Crippen LogP contribution in [-0.4, -0.2) is 24.8 Å². The van der Waals surface area contributed by atoms with Gasteiger partial charge in [-0.15, -0.1) is 0 Å². The average Bonchev–Trinajstić information content (AvgIpc) is 2.77. The van der Waals surface area contributed by atoms with Gasteiger partial charge >= 0.3 is 0 Å². The molecule has 1 fully saturated rings. The minimum atomic E-state index is -3.43. The summed E-state index contributed by atoms with van der Waals surface area (Å²) in [6, 6.07) is 10.5. The SMILES string of the molecule is Cc1ccc2c(c1)Nc1cc3c(cc1C=C2)C[C@]31CS(=O)(=O)C(C)(C)C(=N)N1. The van der Waals surface area contributed by atoms with Gasteiger partial charge in [-0.2, -0.15) is 0 Å². The zero-order chi connectivity index (χ0) is 19.9. The summed E-state index contributed by atoms with van der Waals surface area (Å²) in [4.78, 5) is 0. The van der Waals surface area contributed by atoms with Crippen molar-refractivity contribution in [1.29, 1.82) is 5.41 Å². The van der Waals surface area contributed by atoms with E-state index in [1.165, 1.54) is 5.56 Å². The molecule has 2 aromatic rings. The quantitative estimate of drug-likeness (QED) is 0.543. The average molecular weight is 394 g/mol. The van der Waals surface area contributed by atoms with E-state index in [0.717, 1.165) is 33.6 Å². The van der Waals surface area contributed by atoms with Crippen LogP contribution in [0.2, 0.25) is 0 Å². The highest BCUT2D eigenvalue weighted by Crippen LogP contribution is 2.47. The molecule has 0 radical (unpaired) electrons. The smallest absolute Gasteiger partial charge is 0.165 e. The first kappa shape index (κ1) is 17.5. The Balaban J connectivity index is 1.59. The van der Waals surface area contributed by atoms with Gasteiger partial charge in [0.1, 0.15) is 10.6 Å². The number of amidine groups is 1. The fraction of sp³-hybridized carbons (Fsp3) is 0.318. The van der Waals surface area contributed by atoms with Gasteiger partial charge in [-0.25, -0.2) is 8.42 Å². The van der Waals surface area contributed by atoms with Crippen LogP contribution in [0.5, 0.6) is 0 Å². The molecule has 144 valence electrons. The van der Waals surface area contributed by atoms with Crippen LogP contribution in [0.3, 0.4) is 0 Å². The highest BCUT2D eigenvalue weighted by Gasteiger charge is 2.56. The first-order valence-electron chi connectivity index (χ1n) is 9.44. The molecule has 1 saturated heterocycles. The van der Waals surface area contributed by atoms with Crippen molar-refractivity contribution in [2.45, 2.75) is 37.5 Å². The van der Waals surface area contributed by atoms with Gasteiger partial charge < -0.3 is 10.6 Å². The first-order chi connectivity index (χ1) is 13.1. The van der Waals surface area contributed by atoms with Crippen molar-refractivity contribution in [2.75, 3.05) is 11.1 Å². The van der Waals surface area contributed by atoms with E-state index >= 15 is 0 Å². The third-order valence-corrected chi connectivity index (χ3v) is 9.02. The summed E-state index contributed by atoms with van der Waals surface area (Å²) in [6.07, 6.45) is 4.83. The fourth-order valence-corrected chi connectivity index (χ4v) is 6.09. The summed E-state index contributed by atoms with van der Waals surface area (Å²) >= 11 is 0. The van der Waals surface area contributed by atoms with Crippen molar-refractivity contribution in [3.8, 4) is 0 Å². The zero-order valence-electron chi connectivity index (χ0n) is 16.2. The number of aryl methyl sites for hydroxylation is 1. The van der Waals surface area contributed by atoms with E-state index in [2.05, 4.69) is 60.0 Å². The predicted octanol–water partition coefficient (Wildman–Crippen LogP) is 3.75. The number of hydrogen-bond donors (Lipinski definition) is 3. The Morgan fingerprint density at radius 3 is 2.50 bits per heavy atom. The molecule has 3 N–H and O–H groups in total. The molecule has 2 heterocycles. The Labute approximate surface area is 165 Å². The largest absolute Gasteiger partial charge is 0.362 e. The molecule has 1 aliphatic carbocycles.